The third-order valence-electron chi connectivity index (χ3n) is 5.44. The number of carbonyl (C=O) groups excluding carboxylic acids is 1. The summed E-state index contributed by atoms with van der Waals surface area (Å²) in [5.74, 6) is 0.300. The molecule has 0 aromatic heterocycles. The van der Waals surface area contributed by atoms with Crippen LogP contribution in [0.25, 0.3) is 0 Å². The highest BCUT2D eigenvalue weighted by Gasteiger charge is 2.37. The smallest absolute Gasteiger partial charge is 0.286 e. The summed E-state index contributed by atoms with van der Waals surface area (Å²) >= 11 is 1.51. The minimum Gasteiger partial charge on any atom is -0.366 e. The SMILES string of the molecule is C=C1COC(C)(CCN(CC)C2=NC(=O)/C(=C(\C)C(C)CC)S2)C1=C.CC.CC.CCC. The third kappa shape index (κ3) is 9.27. The van der Waals surface area contributed by atoms with Gasteiger partial charge >= 0.3 is 0 Å². The molecule has 0 radical (unpaired) electrons. The summed E-state index contributed by atoms with van der Waals surface area (Å²) in [6, 6.07) is 0. The zero-order chi connectivity index (χ0) is 25.5. The minimum atomic E-state index is -0.371. The minimum absolute atomic E-state index is 0.0997. The molecule has 4 nitrogen and oxygen atoms in total. The van der Waals surface area contributed by atoms with E-state index in [1.54, 1.807) is 0 Å². The summed E-state index contributed by atoms with van der Waals surface area (Å²) in [6.45, 7) is 33.0. The summed E-state index contributed by atoms with van der Waals surface area (Å²) in [4.78, 5) is 19.6. The number of rotatable bonds is 6. The van der Waals surface area contributed by atoms with Gasteiger partial charge in [0, 0.05) is 13.1 Å². The van der Waals surface area contributed by atoms with Gasteiger partial charge in [-0.15, -0.1) is 0 Å². The largest absolute Gasteiger partial charge is 0.366 e. The van der Waals surface area contributed by atoms with E-state index in [9.17, 15) is 4.79 Å². The second-order valence-electron chi connectivity index (χ2n) is 7.76. The molecule has 32 heavy (non-hydrogen) atoms. The first-order valence-electron chi connectivity index (χ1n) is 12.4. The summed E-state index contributed by atoms with van der Waals surface area (Å²) in [6.07, 6.45) is 3.08. The molecule has 0 spiro atoms. The van der Waals surface area contributed by atoms with Crippen molar-refractivity contribution in [1.29, 1.82) is 0 Å². The van der Waals surface area contributed by atoms with Crippen LogP contribution in [0.5, 0.6) is 0 Å². The molecule has 0 bridgehead atoms. The Hall–Kier alpha value is -1.33. The number of ether oxygens (including phenoxy) is 1. The molecule has 1 fully saturated rings. The van der Waals surface area contributed by atoms with E-state index in [0.717, 1.165) is 52.7 Å². The number of hydrogen-bond acceptors (Lipinski definition) is 4. The monoisotopic (exact) mass is 466 g/mol. The maximum Gasteiger partial charge on any atom is 0.286 e. The van der Waals surface area contributed by atoms with Crippen molar-refractivity contribution < 1.29 is 9.53 Å². The van der Waals surface area contributed by atoms with E-state index in [4.69, 9.17) is 4.74 Å². The molecule has 1 amide bonds. The van der Waals surface area contributed by atoms with Gasteiger partial charge in [0.1, 0.15) is 0 Å². The fraction of sp³-hybridized carbons (Fsp3) is 0.704. The molecule has 0 aromatic carbocycles. The Morgan fingerprint density at radius 3 is 2.12 bits per heavy atom. The van der Waals surface area contributed by atoms with Gasteiger partial charge < -0.3 is 9.64 Å². The molecule has 186 valence electrons. The first-order valence-corrected chi connectivity index (χ1v) is 13.2. The van der Waals surface area contributed by atoms with E-state index in [1.807, 2.05) is 34.6 Å². The average Bonchev–Trinajstić information content (AvgIpc) is 3.31. The zero-order valence-corrected chi connectivity index (χ0v) is 23.7. The Labute approximate surface area is 203 Å². The molecule has 1 saturated heterocycles. The van der Waals surface area contributed by atoms with Crippen molar-refractivity contribution in [2.75, 3.05) is 19.7 Å². The van der Waals surface area contributed by atoms with Gasteiger partial charge in [-0.25, -0.2) is 0 Å². The molecular weight excluding hydrogens is 416 g/mol. The van der Waals surface area contributed by atoms with Crippen LogP contribution >= 0.6 is 11.8 Å². The van der Waals surface area contributed by atoms with Crippen LogP contribution < -0.4 is 0 Å². The highest BCUT2D eigenvalue weighted by atomic mass is 32.2. The van der Waals surface area contributed by atoms with Crippen LogP contribution in [-0.4, -0.2) is 41.3 Å². The van der Waals surface area contributed by atoms with Gasteiger partial charge in [0.2, 0.25) is 0 Å². The highest BCUT2D eigenvalue weighted by molar-refractivity contribution is 8.18. The molecule has 0 aliphatic carbocycles. The number of nitrogens with zero attached hydrogens (tertiary/aromatic N) is 2. The van der Waals surface area contributed by atoms with E-state index in [-0.39, 0.29) is 11.5 Å². The summed E-state index contributed by atoms with van der Waals surface area (Å²) in [7, 11) is 0. The normalized spacial score (nSPS) is 22.0. The van der Waals surface area contributed by atoms with Crippen LogP contribution in [0.4, 0.5) is 0 Å². The van der Waals surface area contributed by atoms with Crippen LogP contribution in [0.15, 0.2) is 39.8 Å². The lowest BCUT2D eigenvalue weighted by atomic mass is 9.91. The van der Waals surface area contributed by atoms with Crippen LogP contribution in [0, 0.1) is 5.92 Å². The van der Waals surface area contributed by atoms with Crippen molar-refractivity contribution in [2.24, 2.45) is 10.9 Å². The third-order valence-corrected chi connectivity index (χ3v) is 6.67. The molecular formula is C27H50N2O2S. The number of thioether (sulfide) groups is 1. The van der Waals surface area contributed by atoms with Crippen molar-refractivity contribution in [3.8, 4) is 0 Å². The Bertz CT molecular complexity index is 667. The molecule has 0 aromatic rings. The number of allylic oxidation sites excluding steroid dienone is 1. The van der Waals surface area contributed by atoms with Crippen molar-refractivity contribution in [3.63, 3.8) is 0 Å². The molecule has 2 heterocycles. The molecule has 0 saturated carbocycles. The fourth-order valence-corrected chi connectivity index (χ4v) is 4.12. The predicted octanol–water partition coefficient (Wildman–Crippen LogP) is 8.02. The van der Waals surface area contributed by atoms with Crippen LogP contribution in [0.1, 0.15) is 95.4 Å². The second-order valence-corrected chi connectivity index (χ2v) is 8.74. The van der Waals surface area contributed by atoms with Gasteiger partial charge in [-0.1, -0.05) is 80.5 Å². The van der Waals surface area contributed by atoms with Gasteiger partial charge in [0.05, 0.1) is 17.1 Å². The lowest BCUT2D eigenvalue weighted by Gasteiger charge is -2.29. The van der Waals surface area contributed by atoms with Crippen molar-refractivity contribution in [2.45, 2.75) is 101 Å². The molecule has 2 aliphatic heterocycles. The maximum atomic E-state index is 12.3. The van der Waals surface area contributed by atoms with Gasteiger partial charge in [0.25, 0.3) is 5.91 Å². The number of amides is 1. The molecule has 2 rings (SSSR count). The van der Waals surface area contributed by atoms with E-state index in [1.165, 1.54) is 18.2 Å². The maximum absolute atomic E-state index is 12.3. The van der Waals surface area contributed by atoms with Crippen LogP contribution in [0.3, 0.4) is 0 Å². The van der Waals surface area contributed by atoms with Gasteiger partial charge in [-0.2, -0.15) is 4.99 Å². The van der Waals surface area contributed by atoms with E-state index < -0.39 is 0 Å². The Morgan fingerprint density at radius 2 is 1.72 bits per heavy atom. The van der Waals surface area contributed by atoms with Crippen molar-refractivity contribution in [3.05, 3.63) is 34.8 Å². The second kappa shape index (κ2) is 17.2. The molecule has 2 unspecified atom stereocenters. The Morgan fingerprint density at radius 1 is 1.19 bits per heavy atom. The summed E-state index contributed by atoms with van der Waals surface area (Å²) in [5, 5.41) is 0.802. The quantitative estimate of drug-likeness (QED) is 0.372. The Balaban J connectivity index is 0. The lowest BCUT2D eigenvalue weighted by molar-refractivity contribution is -0.113. The van der Waals surface area contributed by atoms with Gasteiger partial charge in [-0.05, 0) is 62.4 Å². The topological polar surface area (TPSA) is 41.9 Å². The fourth-order valence-electron chi connectivity index (χ4n) is 2.96. The number of carbonyl (C=O) groups is 1. The van der Waals surface area contributed by atoms with Gasteiger partial charge in [0.15, 0.2) is 5.17 Å². The standard InChI is InChI=1S/C20H30N2O2S.C3H8.2C2H6/c1-8-13(3)15(5)17-18(23)21-19(25-17)22(9-2)11-10-20(7)16(6)14(4)12-24-20;1-3-2;2*1-2/h13H,4,6,8-12H2,1-3,5,7H3;3H2,1-2H3;2*1-2H3/b17-15-;;;. The van der Waals surface area contributed by atoms with Gasteiger partial charge in [-0.3, -0.25) is 4.79 Å². The summed E-state index contributed by atoms with van der Waals surface area (Å²) in [5.41, 5.74) is 2.73. The highest BCUT2D eigenvalue weighted by Crippen LogP contribution is 2.37. The Kier molecular flexibility index (Phi) is 17.6. The first kappa shape index (κ1) is 32.8. The first-order chi connectivity index (χ1) is 15.1. The van der Waals surface area contributed by atoms with E-state index >= 15 is 0 Å². The predicted molar refractivity (Wildman–Crippen MR) is 145 cm³/mol. The molecule has 2 atom stereocenters. The zero-order valence-electron chi connectivity index (χ0n) is 22.9. The number of amidine groups is 1. The summed E-state index contributed by atoms with van der Waals surface area (Å²) < 4.78 is 5.90. The molecule has 5 heteroatoms. The average molecular weight is 467 g/mol. The molecule has 2 aliphatic rings. The number of hydrogen-bond donors (Lipinski definition) is 0. The van der Waals surface area contributed by atoms with Crippen LogP contribution in [-0.2, 0) is 9.53 Å². The van der Waals surface area contributed by atoms with E-state index in [2.05, 4.69) is 64.6 Å². The van der Waals surface area contributed by atoms with Crippen molar-refractivity contribution >= 4 is 22.8 Å². The van der Waals surface area contributed by atoms with Crippen molar-refractivity contribution in [1.82, 2.24) is 4.90 Å². The van der Waals surface area contributed by atoms with E-state index in [0.29, 0.717) is 12.5 Å². The lowest BCUT2D eigenvalue weighted by Crippen LogP contribution is -2.35. The van der Waals surface area contributed by atoms with Crippen LogP contribution in [0.2, 0.25) is 0 Å². The number of aliphatic imine (C=N–C) groups is 1. The molecule has 0 N–H and O–H groups in total.